The van der Waals surface area contributed by atoms with Gasteiger partial charge in [0.2, 0.25) is 5.91 Å². The van der Waals surface area contributed by atoms with Crippen LogP contribution in [0, 0.1) is 5.92 Å². The Labute approximate surface area is 92.4 Å². The quantitative estimate of drug-likeness (QED) is 0.684. The highest BCUT2D eigenvalue weighted by Crippen LogP contribution is 2.12. The van der Waals surface area contributed by atoms with Crippen LogP contribution in [-0.2, 0) is 4.79 Å². The van der Waals surface area contributed by atoms with Crippen LogP contribution in [0.25, 0.3) is 0 Å². The summed E-state index contributed by atoms with van der Waals surface area (Å²) in [5.41, 5.74) is -0.240. The maximum atomic E-state index is 11.5. The topological polar surface area (TPSA) is 29.1 Å². The van der Waals surface area contributed by atoms with Crippen molar-refractivity contribution in [3.05, 3.63) is 0 Å². The molecule has 0 aliphatic heterocycles. The van der Waals surface area contributed by atoms with Gasteiger partial charge in [-0.2, -0.15) is 0 Å². The minimum absolute atomic E-state index is 0.115. The highest BCUT2D eigenvalue weighted by Gasteiger charge is 2.22. The summed E-state index contributed by atoms with van der Waals surface area (Å²) in [6.07, 6.45) is 2.40. The fourth-order valence-corrected chi connectivity index (χ4v) is 1.29. The van der Waals surface area contributed by atoms with Crippen molar-refractivity contribution in [1.29, 1.82) is 0 Å². The van der Waals surface area contributed by atoms with E-state index in [9.17, 15) is 4.79 Å². The summed E-state index contributed by atoms with van der Waals surface area (Å²) in [5.74, 6) is 1.16. The number of alkyl halides is 1. The van der Waals surface area contributed by atoms with E-state index in [0.717, 1.165) is 12.8 Å². The van der Waals surface area contributed by atoms with Gasteiger partial charge >= 0.3 is 0 Å². The lowest BCUT2D eigenvalue weighted by atomic mass is 10.0. The van der Waals surface area contributed by atoms with Gasteiger partial charge in [-0.15, -0.1) is 11.6 Å². The number of hydrogen-bond donors (Lipinski definition) is 1. The first-order valence-corrected chi connectivity index (χ1v) is 5.84. The molecule has 3 heteroatoms. The van der Waals surface area contributed by atoms with E-state index < -0.39 is 0 Å². The van der Waals surface area contributed by atoms with Crippen LogP contribution in [0.1, 0.15) is 47.0 Å². The van der Waals surface area contributed by atoms with Gasteiger partial charge in [-0.25, -0.2) is 0 Å². The van der Waals surface area contributed by atoms with Crippen LogP contribution in [-0.4, -0.2) is 17.3 Å². The monoisotopic (exact) mass is 219 g/mol. The summed E-state index contributed by atoms with van der Waals surface area (Å²) in [5, 5.41) is 2.98. The van der Waals surface area contributed by atoms with Crippen LogP contribution in [0.5, 0.6) is 0 Å². The van der Waals surface area contributed by atoms with E-state index in [2.05, 4.69) is 19.2 Å². The molecule has 0 aromatic rings. The van der Waals surface area contributed by atoms with Gasteiger partial charge in [-0.1, -0.05) is 20.8 Å². The molecule has 0 saturated heterocycles. The molecule has 2 nitrogen and oxygen atoms in total. The summed E-state index contributed by atoms with van der Waals surface area (Å²) in [4.78, 5) is 11.5. The number of carbonyl (C=O) groups excluding carboxylic acids is 1. The lowest BCUT2D eigenvalue weighted by Gasteiger charge is -2.27. The number of nitrogens with one attached hydrogen (secondary N) is 1. The van der Waals surface area contributed by atoms with E-state index in [-0.39, 0.29) is 11.4 Å². The van der Waals surface area contributed by atoms with Crippen molar-refractivity contribution < 1.29 is 4.79 Å². The van der Waals surface area contributed by atoms with Crippen LogP contribution in [0.3, 0.4) is 0 Å². The molecule has 0 aromatic heterocycles. The van der Waals surface area contributed by atoms with Gasteiger partial charge in [0.15, 0.2) is 0 Å². The SMILES string of the molecule is CCC(C)(CCl)NC(=O)CCC(C)C. The first-order valence-electron chi connectivity index (χ1n) is 5.30. The molecule has 0 saturated carbocycles. The van der Waals surface area contributed by atoms with Crippen LogP contribution < -0.4 is 5.32 Å². The maximum Gasteiger partial charge on any atom is 0.220 e. The molecule has 84 valence electrons. The summed E-state index contributed by atoms with van der Waals surface area (Å²) >= 11 is 5.80. The normalized spacial score (nSPS) is 15.3. The van der Waals surface area contributed by atoms with E-state index in [1.807, 2.05) is 13.8 Å². The lowest BCUT2D eigenvalue weighted by Crippen LogP contribution is -2.47. The molecule has 0 heterocycles. The van der Waals surface area contributed by atoms with Gasteiger partial charge in [0, 0.05) is 12.3 Å². The Bertz CT molecular complexity index is 176. The average molecular weight is 220 g/mol. The lowest BCUT2D eigenvalue weighted by molar-refractivity contribution is -0.122. The molecule has 0 aliphatic rings. The van der Waals surface area contributed by atoms with Crippen molar-refractivity contribution in [1.82, 2.24) is 5.32 Å². The minimum Gasteiger partial charge on any atom is -0.350 e. The minimum atomic E-state index is -0.240. The molecule has 0 spiro atoms. The van der Waals surface area contributed by atoms with Crippen molar-refractivity contribution in [2.75, 3.05) is 5.88 Å². The van der Waals surface area contributed by atoms with Crippen molar-refractivity contribution in [2.45, 2.75) is 52.5 Å². The van der Waals surface area contributed by atoms with Gasteiger partial charge in [0.1, 0.15) is 0 Å². The fourth-order valence-electron chi connectivity index (χ4n) is 1.04. The zero-order chi connectivity index (χ0) is 11.2. The molecule has 0 fully saturated rings. The highest BCUT2D eigenvalue weighted by molar-refractivity contribution is 6.18. The van der Waals surface area contributed by atoms with Crippen LogP contribution in [0.15, 0.2) is 0 Å². The summed E-state index contributed by atoms with van der Waals surface area (Å²) in [7, 11) is 0. The molecule has 1 unspecified atom stereocenters. The zero-order valence-electron chi connectivity index (χ0n) is 9.69. The third-order valence-corrected chi connectivity index (χ3v) is 3.06. The molecule has 1 amide bonds. The zero-order valence-corrected chi connectivity index (χ0v) is 10.4. The van der Waals surface area contributed by atoms with Gasteiger partial charge < -0.3 is 5.32 Å². The Hall–Kier alpha value is -0.240. The molecule has 0 aliphatic carbocycles. The molecule has 0 radical (unpaired) electrons. The molecule has 0 rings (SSSR count). The van der Waals surface area contributed by atoms with Crippen molar-refractivity contribution in [3.63, 3.8) is 0 Å². The fraction of sp³-hybridized carbons (Fsp3) is 0.909. The number of halogens is 1. The van der Waals surface area contributed by atoms with E-state index in [1.165, 1.54) is 0 Å². The largest absolute Gasteiger partial charge is 0.350 e. The van der Waals surface area contributed by atoms with Crippen LogP contribution in [0.4, 0.5) is 0 Å². The first-order chi connectivity index (χ1) is 6.43. The summed E-state index contributed by atoms with van der Waals surface area (Å²) < 4.78 is 0. The molecule has 0 bridgehead atoms. The summed E-state index contributed by atoms with van der Waals surface area (Å²) in [6.45, 7) is 8.25. The van der Waals surface area contributed by atoms with E-state index in [0.29, 0.717) is 18.2 Å². The number of hydrogen-bond acceptors (Lipinski definition) is 1. The Balaban J connectivity index is 3.92. The third kappa shape index (κ3) is 5.48. The van der Waals surface area contributed by atoms with Gasteiger partial charge in [-0.05, 0) is 25.7 Å². The van der Waals surface area contributed by atoms with Gasteiger partial charge in [0.05, 0.1) is 5.54 Å². The van der Waals surface area contributed by atoms with E-state index in [1.54, 1.807) is 0 Å². The van der Waals surface area contributed by atoms with Crippen LogP contribution >= 0.6 is 11.6 Å². The second-order valence-corrected chi connectivity index (χ2v) is 4.80. The van der Waals surface area contributed by atoms with E-state index in [4.69, 9.17) is 11.6 Å². The van der Waals surface area contributed by atoms with Crippen molar-refractivity contribution in [2.24, 2.45) is 5.92 Å². The first kappa shape index (κ1) is 13.8. The highest BCUT2D eigenvalue weighted by atomic mass is 35.5. The predicted octanol–water partition coefficient (Wildman–Crippen LogP) is 2.95. The summed E-state index contributed by atoms with van der Waals surface area (Å²) in [6, 6.07) is 0. The molecule has 14 heavy (non-hydrogen) atoms. The smallest absolute Gasteiger partial charge is 0.220 e. The second-order valence-electron chi connectivity index (χ2n) is 4.53. The van der Waals surface area contributed by atoms with Crippen molar-refractivity contribution >= 4 is 17.5 Å². The van der Waals surface area contributed by atoms with Gasteiger partial charge in [0.25, 0.3) is 0 Å². The van der Waals surface area contributed by atoms with Crippen LogP contribution in [0.2, 0.25) is 0 Å². The second kappa shape index (κ2) is 6.28. The Kier molecular flexibility index (Phi) is 6.17. The van der Waals surface area contributed by atoms with Crippen molar-refractivity contribution in [3.8, 4) is 0 Å². The van der Waals surface area contributed by atoms with E-state index >= 15 is 0 Å². The maximum absolute atomic E-state index is 11.5. The number of carbonyl (C=O) groups is 1. The number of amides is 1. The average Bonchev–Trinajstić information content (AvgIpc) is 2.14. The molecule has 0 aromatic carbocycles. The number of rotatable bonds is 6. The Morgan fingerprint density at radius 2 is 2.07 bits per heavy atom. The molecule has 1 atom stereocenters. The Morgan fingerprint density at radius 3 is 2.43 bits per heavy atom. The molecule has 1 N–H and O–H groups in total. The molecular weight excluding hydrogens is 198 g/mol. The Morgan fingerprint density at radius 1 is 1.50 bits per heavy atom. The standard InChI is InChI=1S/C11H22ClNO/c1-5-11(4,8-12)13-10(14)7-6-9(2)3/h9H,5-8H2,1-4H3,(H,13,14). The van der Waals surface area contributed by atoms with Gasteiger partial charge in [-0.3, -0.25) is 4.79 Å². The predicted molar refractivity (Wildman–Crippen MR) is 61.6 cm³/mol. The third-order valence-electron chi connectivity index (χ3n) is 2.47. The molecular formula is C11H22ClNO.